The summed E-state index contributed by atoms with van der Waals surface area (Å²) in [6, 6.07) is 12.0. The molecule has 1 aliphatic rings. The molecule has 18 heavy (non-hydrogen) atoms. The highest BCUT2D eigenvalue weighted by molar-refractivity contribution is 5.14. The zero-order chi connectivity index (χ0) is 13.0. The maximum atomic E-state index is 5.98. The standard InChI is InChI=1S/C16H26N2/c1-13-10-14(2)18(12-13)16(11-17)9-8-15-6-4-3-5-7-15/h3-7,13-14,16H,8-12,17H2,1-2H3. The van der Waals surface area contributed by atoms with Gasteiger partial charge in [0.2, 0.25) is 0 Å². The molecule has 1 aliphatic heterocycles. The summed E-state index contributed by atoms with van der Waals surface area (Å²) < 4.78 is 0. The Kier molecular flexibility index (Phi) is 4.79. The number of nitrogens with two attached hydrogens (primary N) is 1. The SMILES string of the molecule is CC1CC(C)N(C(CN)CCc2ccccc2)C1. The van der Waals surface area contributed by atoms with Crippen molar-refractivity contribution in [3.8, 4) is 0 Å². The van der Waals surface area contributed by atoms with Crippen LogP contribution in [0.5, 0.6) is 0 Å². The Balaban J connectivity index is 1.90. The average Bonchev–Trinajstić information content (AvgIpc) is 2.71. The number of likely N-dealkylation sites (tertiary alicyclic amines) is 1. The lowest BCUT2D eigenvalue weighted by molar-refractivity contribution is 0.182. The Labute approximate surface area is 111 Å². The van der Waals surface area contributed by atoms with Gasteiger partial charge in [0, 0.05) is 25.2 Å². The molecule has 0 saturated carbocycles. The van der Waals surface area contributed by atoms with Gasteiger partial charge in [-0.1, -0.05) is 37.3 Å². The molecule has 2 rings (SSSR count). The van der Waals surface area contributed by atoms with Crippen LogP contribution in [0, 0.1) is 5.92 Å². The van der Waals surface area contributed by atoms with Gasteiger partial charge in [-0.15, -0.1) is 0 Å². The van der Waals surface area contributed by atoms with Crippen LogP contribution in [0.3, 0.4) is 0 Å². The number of nitrogens with zero attached hydrogens (tertiary/aromatic N) is 1. The molecule has 1 saturated heterocycles. The van der Waals surface area contributed by atoms with E-state index in [4.69, 9.17) is 5.73 Å². The van der Waals surface area contributed by atoms with Crippen molar-refractivity contribution in [1.82, 2.24) is 4.90 Å². The van der Waals surface area contributed by atoms with E-state index in [0.717, 1.165) is 18.9 Å². The molecule has 2 heteroatoms. The zero-order valence-corrected chi connectivity index (χ0v) is 11.7. The van der Waals surface area contributed by atoms with E-state index in [1.807, 2.05) is 0 Å². The van der Waals surface area contributed by atoms with Crippen molar-refractivity contribution in [2.75, 3.05) is 13.1 Å². The van der Waals surface area contributed by atoms with E-state index >= 15 is 0 Å². The molecular formula is C16H26N2. The molecular weight excluding hydrogens is 220 g/mol. The van der Waals surface area contributed by atoms with Crippen LogP contribution >= 0.6 is 0 Å². The fraction of sp³-hybridized carbons (Fsp3) is 0.625. The molecule has 3 atom stereocenters. The summed E-state index contributed by atoms with van der Waals surface area (Å²) in [5, 5.41) is 0. The zero-order valence-electron chi connectivity index (χ0n) is 11.7. The second-order valence-corrected chi connectivity index (χ2v) is 5.80. The van der Waals surface area contributed by atoms with Crippen LogP contribution in [0.4, 0.5) is 0 Å². The first-order valence-corrected chi connectivity index (χ1v) is 7.20. The van der Waals surface area contributed by atoms with Crippen LogP contribution in [-0.4, -0.2) is 30.1 Å². The second kappa shape index (κ2) is 6.35. The van der Waals surface area contributed by atoms with E-state index in [1.165, 1.54) is 24.9 Å². The van der Waals surface area contributed by atoms with Crippen LogP contribution in [0.1, 0.15) is 32.3 Å². The molecule has 1 heterocycles. The van der Waals surface area contributed by atoms with Gasteiger partial charge >= 0.3 is 0 Å². The Morgan fingerprint density at radius 2 is 2.00 bits per heavy atom. The molecule has 0 aliphatic carbocycles. The molecule has 0 spiro atoms. The van der Waals surface area contributed by atoms with Crippen molar-refractivity contribution in [2.45, 2.75) is 45.2 Å². The highest BCUT2D eigenvalue weighted by Crippen LogP contribution is 2.25. The molecule has 1 aromatic carbocycles. The molecule has 3 unspecified atom stereocenters. The van der Waals surface area contributed by atoms with Crippen LogP contribution < -0.4 is 5.73 Å². The van der Waals surface area contributed by atoms with Gasteiger partial charge in [0.15, 0.2) is 0 Å². The van der Waals surface area contributed by atoms with E-state index in [1.54, 1.807) is 0 Å². The lowest BCUT2D eigenvalue weighted by Gasteiger charge is -2.30. The second-order valence-electron chi connectivity index (χ2n) is 5.80. The van der Waals surface area contributed by atoms with Crippen LogP contribution in [-0.2, 0) is 6.42 Å². The molecule has 1 aromatic rings. The summed E-state index contributed by atoms with van der Waals surface area (Å²) in [7, 11) is 0. The molecule has 1 fully saturated rings. The Morgan fingerprint density at radius 1 is 1.28 bits per heavy atom. The summed E-state index contributed by atoms with van der Waals surface area (Å²) in [6.07, 6.45) is 3.64. The summed E-state index contributed by atoms with van der Waals surface area (Å²) in [4.78, 5) is 2.62. The molecule has 2 N–H and O–H groups in total. The predicted octanol–water partition coefficient (Wildman–Crippen LogP) is 2.68. The van der Waals surface area contributed by atoms with Crippen molar-refractivity contribution in [1.29, 1.82) is 0 Å². The van der Waals surface area contributed by atoms with Crippen LogP contribution in [0.25, 0.3) is 0 Å². The van der Waals surface area contributed by atoms with Crippen molar-refractivity contribution in [2.24, 2.45) is 11.7 Å². The van der Waals surface area contributed by atoms with Gasteiger partial charge in [0.1, 0.15) is 0 Å². The normalized spacial score (nSPS) is 26.4. The van der Waals surface area contributed by atoms with Crippen LogP contribution in [0.2, 0.25) is 0 Å². The van der Waals surface area contributed by atoms with Crippen molar-refractivity contribution in [3.63, 3.8) is 0 Å². The first-order valence-electron chi connectivity index (χ1n) is 7.20. The van der Waals surface area contributed by atoms with Gasteiger partial charge in [0.25, 0.3) is 0 Å². The Hall–Kier alpha value is -0.860. The van der Waals surface area contributed by atoms with Gasteiger partial charge in [-0.25, -0.2) is 0 Å². The smallest absolute Gasteiger partial charge is 0.0224 e. The van der Waals surface area contributed by atoms with Crippen molar-refractivity contribution in [3.05, 3.63) is 35.9 Å². The molecule has 0 amide bonds. The summed E-state index contributed by atoms with van der Waals surface area (Å²) >= 11 is 0. The predicted molar refractivity (Wildman–Crippen MR) is 77.6 cm³/mol. The minimum Gasteiger partial charge on any atom is -0.329 e. The molecule has 100 valence electrons. The van der Waals surface area contributed by atoms with Gasteiger partial charge < -0.3 is 5.73 Å². The van der Waals surface area contributed by atoms with Gasteiger partial charge in [-0.05, 0) is 37.7 Å². The summed E-state index contributed by atoms with van der Waals surface area (Å²) in [5.74, 6) is 0.825. The highest BCUT2D eigenvalue weighted by atomic mass is 15.2. The van der Waals surface area contributed by atoms with E-state index in [0.29, 0.717) is 12.1 Å². The maximum absolute atomic E-state index is 5.98. The fourth-order valence-corrected chi connectivity index (χ4v) is 3.24. The summed E-state index contributed by atoms with van der Waals surface area (Å²) in [6.45, 7) is 6.69. The third kappa shape index (κ3) is 3.33. The molecule has 0 aromatic heterocycles. The van der Waals surface area contributed by atoms with E-state index in [9.17, 15) is 0 Å². The molecule has 0 radical (unpaired) electrons. The number of hydrogen-bond donors (Lipinski definition) is 1. The van der Waals surface area contributed by atoms with Crippen molar-refractivity contribution >= 4 is 0 Å². The van der Waals surface area contributed by atoms with Crippen LogP contribution in [0.15, 0.2) is 30.3 Å². The van der Waals surface area contributed by atoms with E-state index in [2.05, 4.69) is 49.1 Å². The third-order valence-electron chi connectivity index (χ3n) is 4.18. The first-order chi connectivity index (χ1) is 8.70. The summed E-state index contributed by atoms with van der Waals surface area (Å²) in [5.41, 5.74) is 7.41. The fourth-order valence-electron chi connectivity index (χ4n) is 3.24. The minimum absolute atomic E-state index is 0.546. The minimum atomic E-state index is 0.546. The Morgan fingerprint density at radius 3 is 2.56 bits per heavy atom. The largest absolute Gasteiger partial charge is 0.329 e. The third-order valence-corrected chi connectivity index (χ3v) is 4.18. The number of hydrogen-bond acceptors (Lipinski definition) is 2. The quantitative estimate of drug-likeness (QED) is 0.865. The average molecular weight is 246 g/mol. The van der Waals surface area contributed by atoms with E-state index in [-0.39, 0.29) is 0 Å². The van der Waals surface area contributed by atoms with Gasteiger partial charge in [0.05, 0.1) is 0 Å². The maximum Gasteiger partial charge on any atom is 0.0224 e. The lowest BCUT2D eigenvalue weighted by atomic mass is 10.0. The first kappa shape index (κ1) is 13.6. The van der Waals surface area contributed by atoms with Crippen molar-refractivity contribution < 1.29 is 0 Å². The number of benzene rings is 1. The van der Waals surface area contributed by atoms with E-state index < -0.39 is 0 Å². The monoisotopic (exact) mass is 246 g/mol. The topological polar surface area (TPSA) is 29.3 Å². The van der Waals surface area contributed by atoms with Gasteiger partial charge in [-0.3, -0.25) is 4.90 Å². The molecule has 0 bridgehead atoms. The Bertz CT molecular complexity index is 349. The number of aryl methyl sites for hydroxylation is 1. The van der Waals surface area contributed by atoms with Gasteiger partial charge in [-0.2, -0.15) is 0 Å². The number of rotatable bonds is 5. The lowest BCUT2D eigenvalue weighted by Crippen LogP contribution is -2.43. The highest BCUT2D eigenvalue weighted by Gasteiger charge is 2.30. The molecule has 2 nitrogen and oxygen atoms in total.